The molecule has 0 radical (unpaired) electrons. The van der Waals surface area contributed by atoms with Gasteiger partial charge in [0.15, 0.2) is 0 Å². The second-order valence-corrected chi connectivity index (χ2v) is 6.75. The molecule has 2 aromatic rings. The molecule has 1 N–H and O–H groups in total. The van der Waals surface area contributed by atoms with Crippen LogP contribution in [-0.4, -0.2) is 16.2 Å². The van der Waals surface area contributed by atoms with Crippen molar-refractivity contribution in [3.05, 3.63) is 34.2 Å². The molecule has 21 heavy (non-hydrogen) atoms. The van der Waals surface area contributed by atoms with E-state index in [0.717, 1.165) is 28.8 Å². The van der Waals surface area contributed by atoms with Gasteiger partial charge in [-0.2, -0.15) is 0 Å². The molecule has 2 saturated carbocycles. The molecule has 3 unspecified atom stereocenters. The number of nitrogens with one attached hydrogen (secondary N) is 1. The molecule has 0 saturated heterocycles. The lowest BCUT2D eigenvalue weighted by Gasteiger charge is -2.19. The first-order valence-corrected chi connectivity index (χ1v) is 7.96. The minimum Gasteiger partial charge on any atom is -0.313 e. The summed E-state index contributed by atoms with van der Waals surface area (Å²) in [5.41, 5.74) is 3.42. The van der Waals surface area contributed by atoms with E-state index in [1.807, 2.05) is 14.1 Å². The number of hydrogen-bond donors (Lipinski definition) is 1. The van der Waals surface area contributed by atoms with Gasteiger partial charge in [-0.3, -0.25) is 9.13 Å². The predicted octanol–water partition coefficient (Wildman–Crippen LogP) is 2.18. The Kier molecular flexibility index (Phi) is 2.80. The van der Waals surface area contributed by atoms with Gasteiger partial charge in [-0.15, -0.1) is 0 Å². The van der Waals surface area contributed by atoms with Crippen LogP contribution >= 0.6 is 0 Å². The topological polar surface area (TPSA) is 39.0 Å². The quantitative estimate of drug-likeness (QED) is 0.939. The molecule has 0 bridgehead atoms. The highest BCUT2D eigenvalue weighted by atomic mass is 16.1. The van der Waals surface area contributed by atoms with E-state index < -0.39 is 0 Å². The van der Waals surface area contributed by atoms with Crippen molar-refractivity contribution in [1.29, 1.82) is 0 Å². The maximum atomic E-state index is 12.1. The second kappa shape index (κ2) is 4.47. The standard InChI is InChI=1S/C17H23N3O/c1-18-16(15-11-5-4-6-12(11)15)10-7-8-13-14(9-10)20(3)17(21)19(13)2/h7-9,11-12,15-16,18H,4-6H2,1-3H3. The largest absolute Gasteiger partial charge is 0.328 e. The van der Waals surface area contributed by atoms with Crippen LogP contribution in [0.2, 0.25) is 0 Å². The molecule has 0 aliphatic heterocycles. The van der Waals surface area contributed by atoms with Crippen molar-refractivity contribution in [2.75, 3.05) is 7.05 Å². The molecule has 3 atom stereocenters. The van der Waals surface area contributed by atoms with Crippen LogP contribution in [0.4, 0.5) is 0 Å². The van der Waals surface area contributed by atoms with Crippen LogP contribution in [0, 0.1) is 17.8 Å². The minimum atomic E-state index is 0.0476. The Morgan fingerprint density at radius 3 is 2.48 bits per heavy atom. The SMILES string of the molecule is CNC(c1ccc2c(c1)n(C)c(=O)n2C)C1C2CCCC21. The zero-order valence-electron chi connectivity index (χ0n) is 13.0. The van der Waals surface area contributed by atoms with Crippen LogP contribution in [-0.2, 0) is 14.1 Å². The van der Waals surface area contributed by atoms with Crippen molar-refractivity contribution in [1.82, 2.24) is 14.5 Å². The summed E-state index contributed by atoms with van der Waals surface area (Å²) in [6.07, 6.45) is 4.22. The van der Waals surface area contributed by atoms with Crippen molar-refractivity contribution >= 4 is 11.0 Å². The van der Waals surface area contributed by atoms with Crippen LogP contribution in [0.15, 0.2) is 23.0 Å². The first kappa shape index (κ1) is 13.1. The summed E-state index contributed by atoms with van der Waals surface area (Å²) < 4.78 is 3.47. The van der Waals surface area contributed by atoms with Gasteiger partial charge in [0, 0.05) is 20.1 Å². The lowest BCUT2D eigenvalue weighted by molar-refractivity contribution is 0.445. The van der Waals surface area contributed by atoms with Crippen LogP contribution in [0.25, 0.3) is 11.0 Å². The van der Waals surface area contributed by atoms with Crippen molar-refractivity contribution in [3.63, 3.8) is 0 Å². The summed E-state index contributed by atoms with van der Waals surface area (Å²) >= 11 is 0. The zero-order valence-corrected chi connectivity index (χ0v) is 13.0. The molecule has 2 aliphatic carbocycles. The highest BCUT2D eigenvalue weighted by Gasteiger charge is 2.55. The van der Waals surface area contributed by atoms with Crippen LogP contribution in [0.5, 0.6) is 0 Å². The Balaban J connectivity index is 1.76. The van der Waals surface area contributed by atoms with Crippen molar-refractivity contribution in [2.45, 2.75) is 25.3 Å². The molecular weight excluding hydrogens is 262 g/mol. The first-order chi connectivity index (χ1) is 10.1. The van der Waals surface area contributed by atoms with Gasteiger partial charge in [0.25, 0.3) is 0 Å². The number of fused-ring (bicyclic) bond motifs is 2. The highest BCUT2D eigenvalue weighted by molar-refractivity contribution is 5.77. The second-order valence-electron chi connectivity index (χ2n) is 6.75. The third kappa shape index (κ3) is 1.75. The molecular formula is C17H23N3O. The fraction of sp³-hybridized carbons (Fsp3) is 0.588. The van der Waals surface area contributed by atoms with Crippen LogP contribution in [0.1, 0.15) is 30.9 Å². The number of hydrogen-bond acceptors (Lipinski definition) is 2. The summed E-state index contributed by atoms with van der Waals surface area (Å²) in [5.74, 6) is 2.65. The fourth-order valence-corrected chi connectivity index (χ4v) is 4.67. The molecule has 112 valence electrons. The monoisotopic (exact) mass is 285 g/mol. The van der Waals surface area contributed by atoms with Gasteiger partial charge < -0.3 is 5.32 Å². The number of aryl methyl sites for hydroxylation is 2. The summed E-state index contributed by atoms with van der Waals surface area (Å²) in [7, 11) is 5.76. The third-order valence-electron chi connectivity index (χ3n) is 5.82. The van der Waals surface area contributed by atoms with E-state index in [9.17, 15) is 4.79 Å². The van der Waals surface area contributed by atoms with Gasteiger partial charge in [-0.25, -0.2) is 4.79 Å². The van der Waals surface area contributed by atoms with Gasteiger partial charge in [-0.1, -0.05) is 12.5 Å². The molecule has 0 spiro atoms. The van der Waals surface area contributed by atoms with Crippen molar-refractivity contribution in [2.24, 2.45) is 31.8 Å². The number of rotatable bonds is 3. The van der Waals surface area contributed by atoms with E-state index in [-0.39, 0.29) is 5.69 Å². The van der Waals surface area contributed by atoms with E-state index in [1.165, 1.54) is 24.8 Å². The lowest BCUT2D eigenvalue weighted by atomic mass is 9.96. The molecule has 0 amide bonds. The molecule has 1 aromatic carbocycles. The summed E-state index contributed by atoms with van der Waals surface area (Å²) in [4.78, 5) is 12.1. The summed E-state index contributed by atoms with van der Waals surface area (Å²) in [5, 5.41) is 3.52. The van der Waals surface area contributed by atoms with Crippen LogP contribution in [0.3, 0.4) is 0 Å². The molecule has 1 heterocycles. The Bertz CT molecular complexity index is 747. The van der Waals surface area contributed by atoms with Gasteiger partial charge in [0.2, 0.25) is 0 Å². The molecule has 4 nitrogen and oxygen atoms in total. The van der Waals surface area contributed by atoms with Gasteiger partial charge in [0.05, 0.1) is 11.0 Å². The fourth-order valence-electron chi connectivity index (χ4n) is 4.67. The number of imidazole rings is 1. The Morgan fingerprint density at radius 2 is 1.81 bits per heavy atom. The minimum absolute atomic E-state index is 0.0476. The third-order valence-corrected chi connectivity index (χ3v) is 5.82. The van der Waals surface area contributed by atoms with E-state index in [0.29, 0.717) is 6.04 Å². The van der Waals surface area contributed by atoms with Gasteiger partial charge in [-0.05, 0) is 55.3 Å². The average Bonchev–Trinajstić information content (AvgIpc) is 2.88. The Hall–Kier alpha value is -1.55. The molecule has 4 heteroatoms. The maximum absolute atomic E-state index is 12.1. The van der Waals surface area contributed by atoms with E-state index >= 15 is 0 Å². The maximum Gasteiger partial charge on any atom is 0.328 e. The average molecular weight is 285 g/mol. The van der Waals surface area contributed by atoms with Gasteiger partial charge in [0.1, 0.15) is 0 Å². The molecule has 2 fully saturated rings. The van der Waals surface area contributed by atoms with Crippen LogP contribution < -0.4 is 11.0 Å². The summed E-state index contributed by atoms with van der Waals surface area (Å²) in [6, 6.07) is 6.91. The normalized spacial score (nSPS) is 28.8. The zero-order chi connectivity index (χ0) is 14.7. The lowest BCUT2D eigenvalue weighted by Crippen LogP contribution is -2.20. The Labute approximate surface area is 124 Å². The van der Waals surface area contributed by atoms with E-state index in [1.54, 1.807) is 9.13 Å². The molecule has 4 rings (SSSR count). The first-order valence-electron chi connectivity index (χ1n) is 7.96. The predicted molar refractivity (Wildman–Crippen MR) is 84.3 cm³/mol. The smallest absolute Gasteiger partial charge is 0.313 e. The number of benzene rings is 1. The highest BCUT2D eigenvalue weighted by Crippen LogP contribution is 2.62. The number of aromatic nitrogens is 2. The molecule has 1 aromatic heterocycles. The van der Waals surface area contributed by atoms with Gasteiger partial charge >= 0.3 is 5.69 Å². The van der Waals surface area contributed by atoms with E-state index in [4.69, 9.17) is 0 Å². The van der Waals surface area contributed by atoms with E-state index in [2.05, 4.69) is 30.6 Å². The van der Waals surface area contributed by atoms with Crippen molar-refractivity contribution in [3.8, 4) is 0 Å². The van der Waals surface area contributed by atoms with Crippen molar-refractivity contribution < 1.29 is 0 Å². The Morgan fingerprint density at radius 1 is 1.14 bits per heavy atom. The summed E-state index contributed by atoms with van der Waals surface area (Å²) in [6.45, 7) is 0. The number of nitrogens with zero attached hydrogens (tertiary/aromatic N) is 2. The molecule has 2 aliphatic rings.